The van der Waals surface area contributed by atoms with Crippen LogP contribution in [-0.4, -0.2) is 41.6 Å². The van der Waals surface area contributed by atoms with Crippen LogP contribution in [0.2, 0.25) is 0 Å². The summed E-state index contributed by atoms with van der Waals surface area (Å²) < 4.78 is 9.91. The Balaban J connectivity index is 2.81. The van der Waals surface area contributed by atoms with Crippen LogP contribution < -0.4 is 0 Å². The molecule has 0 bridgehead atoms. The van der Waals surface area contributed by atoms with Gasteiger partial charge in [-0.3, -0.25) is 0 Å². The maximum absolute atomic E-state index is 11.1. The molecule has 5 nitrogen and oxygen atoms in total. The quantitative estimate of drug-likeness (QED) is 0.623. The molecule has 3 unspecified atom stereocenters. The number of esters is 1. The largest absolute Gasteiger partial charge is 0.502 e. The van der Waals surface area contributed by atoms with Crippen LogP contribution in [0.15, 0.2) is 11.8 Å². The van der Waals surface area contributed by atoms with Gasteiger partial charge >= 0.3 is 5.97 Å². The minimum absolute atomic E-state index is 0.337. The standard InChI is InChI=1S/C9H14O5/c1-5(10)8-7(13-2)4-3-6(11)9(12)14-8/h3,5,7-8,10-11H,4H2,1-2H3. The summed E-state index contributed by atoms with van der Waals surface area (Å²) in [5, 5.41) is 18.5. The Bertz CT molecular complexity index is 246. The van der Waals surface area contributed by atoms with Gasteiger partial charge in [0.2, 0.25) is 0 Å². The summed E-state index contributed by atoms with van der Waals surface area (Å²) in [5.74, 6) is -1.26. The van der Waals surface area contributed by atoms with E-state index in [0.29, 0.717) is 6.42 Å². The van der Waals surface area contributed by atoms with Gasteiger partial charge in [0.1, 0.15) is 6.10 Å². The molecule has 0 saturated carbocycles. The minimum atomic E-state index is -0.830. The van der Waals surface area contributed by atoms with Gasteiger partial charge in [-0.2, -0.15) is 0 Å². The summed E-state index contributed by atoms with van der Waals surface area (Å²) in [5.41, 5.74) is 0. The monoisotopic (exact) mass is 202 g/mol. The third-order valence-electron chi connectivity index (χ3n) is 2.14. The molecule has 2 N–H and O–H groups in total. The summed E-state index contributed by atoms with van der Waals surface area (Å²) in [6.45, 7) is 1.51. The minimum Gasteiger partial charge on any atom is -0.502 e. The second-order valence-electron chi connectivity index (χ2n) is 3.21. The van der Waals surface area contributed by atoms with Crippen molar-refractivity contribution in [1.82, 2.24) is 0 Å². The van der Waals surface area contributed by atoms with Crippen molar-refractivity contribution < 1.29 is 24.5 Å². The van der Waals surface area contributed by atoms with Crippen LogP contribution in [0.5, 0.6) is 0 Å². The van der Waals surface area contributed by atoms with Gasteiger partial charge in [0.25, 0.3) is 0 Å². The van der Waals surface area contributed by atoms with Crippen LogP contribution in [0.3, 0.4) is 0 Å². The number of carbonyl (C=O) groups excluding carboxylic acids is 1. The molecule has 0 saturated heterocycles. The normalized spacial score (nSPS) is 30.2. The molecule has 80 valence electrons. The summed E-state index contributed by atoms with van der Waals surface area (Å²) >= 11 is 0. The van der Waals surface area contributed by atoms with Gasteiger partial charge in [-0.05, 0) is 19.4 Å². The van der Waals surface area contributed by atoms with Gasteiger partial charge in [-0.15, -0.1) is 0 Å². The van der Waals surface area contributed by atoms with Crippen molar-refractivity contribution in [3.05, 3.63) is 11.8 Å². The number of aliphatic hydroxyl groups excluding tert-OH is 2. The predicted octanol–water partition coefficient (Wildman–Crippen LogP) is 0.140. The Morgan fingerprint density at radius 1 is 1.71 bits per heavy atom. The third-order valence-corrected chi connectivity index (χ3v) is 2.14. The molecule has 0 spiro atoms. The van der Waals surface area contributed by atoms with Crippen molar-refractivity contribution in [2.24, 2.45) is 0 Å². The fraction of sp³-hybridized carbons (Fsp3) is 0.667. The van der Waals surface area contributed by atoms with E-state index >= 15 is 0 Å². The molecule has 0 radical (unpaired) electrons. The summed E-state index contributed by atoms with van der Waals surface area (Å²) in [6.07, 6.45) is -0.331. The molecule has 1 aliphatic rings. The van der Waals surface area contributed by atoms with Crippen LogP contribution in [0, 0.1) is 0 Å². The van der Waals surface area contributed by atoms with E-state index in [2.05, 4.69) is 0 Å². The number of rotatable bonds is 2. The van der Waals surface area contributed by atoms with Gasteiger partial charge in [0, 0.05) is 7.11 Å². The van der Waals surface area contributed by atoms with E-state index in [1.807, 2.05) is 0 Å². The van der Waals surface area contributed by atoms with Crippen molar-refractivity contribution in [1.29, 1.82) is 0 Å². The summed E-state index contributed by atoms with van der Waals surface area (Å²) in [4.78, 5) is 11.1. The maximum atomic E-state index is 11.1. The molecule has 0 amide bonds. The van der Waals surface area contributed by atoms with Crippen molar-refractivity contribution >= 4 is 5.97 Å². The lowest BCUT2D eigenvalue weighted by molar-refractivity contribution is -0.161. The first-order valence-electron chi connectivity index (χ1n) is 4.37. The van der Waals surface area contributed by atoms with E-state index in [0.717, 1.165) is 0 Å². The molecule has 0 aliphatic carbocycles. The number of hydrogen-bond donors (Lipinski definition) is 2. The van der Waals surface area contributed by atoms with Crippen LogP contribution in [0.4, 0.5) is 0 Å². The fourth-order valence-corrected chi connectivity index (χ4v) is 1.34. The van der Waals surface area contributed by atoms with Gasteiger partial charge in [-0.1, -0.05) is 0 Å². The summed E-state index contributed by atoms with van der Waals surface area (Å²) in [6, 6.07) is 0. The molecule has 14 heavy (non-hydrogen) atoms. The molecule has 0 aromatic rings. The smallest absolute Gasteiger partial charge is 0.373 e. The number of cyclic esters (lactones) is 1. The second-order valence-corrected chi connectivity index (χ2v) is 3.21. The molecule has 1 rings (SSSR count). The second kappa shape index (κ2) is 4.43. The molecule has 0 aromatic carbocycles. The van der Waals surface area contributed by atoms with E-state index in [-0.39, 0.29) is 0 Å². The molecule has 1 aliphatic heterocycles. The average molecular weight is 202 g/mol. The van der Waals surface area contributed by atoms with Crippen molar-refractivity contribution in [3.8, 4) is 0 Å². The molecule has 5 heteroatoms. The molecule has 1 heterocycles. The maximum Gasteiger partial charge on any atom is 0.373 e. The molecule has 0 fully saturated rings. The highest BCUT2D eigenvalue weighted by Gasteiger charge is 2.32. The van der Waals surface area contributed by atoms with Crippen molar-refractivity contribution in [3.63, 3.8) is 0 Å². The lowest BCUT2D eigenvalue weighted by Crippen LogP contribution is -2.39. The molecule has 0 aromatic heterocycles. The van der Waals surface area contributed by atoms with Crippen LogP contribution in [0.1, 0.15) is 13.3 Å². The van der Waals surface area contributed by atoms with Gasteiger partial charge in [0.15, 0.2) is 11.9 Å². The highest BCUT2D eigenvalue weighted by Crippen LogP contribution is 2.18. The molecular weight excluding hydrogens is 188 g/mol. The number of hydrogen-bond acceptors (Lipinski definition) is 5. The fourth-order valence-electron chi connectivity index (χ4n) is 1.34. The highest BCUT2D eigenvalue weighted by molar-refractivity contribution is 5.86. The van der Waals surface area contributed by atoms with Crippen LogP contribution >= 0.6 is 0 Å². The van der Waals surface area contributed by atoms with Crippen LogP contribution in [-0.2, 0) is 14.3 Å². The zero-order chi connectivity index (χ0) is 10.7. The van der Waals surface area contributed by atoms with E-state index in [1.54, 1.807) is 0 Å². The van der Waals surface area contributed by atoms with Crippen LogP contribution in [0.25, 0.3) is 0 Å². The lowest BCUT2D eigenvalue weighted by Gasteiger charge is -2.25. The first kappa shape index (κ1) is 11.0. The number of aliphatic hydroxyl groups is 2. The zero-order valence-corrected chi connectivity index (χ0v) is 8.14. The topological polar surface area (TPSA) is 76.0 Å². The lowest BCUT2D eigenvalue weighted by atomic mass is 10.1. The van der Waals surface area contributed by atoms with Gasteiger partial charge < -0.3 is 19.7 Å². The first-order chi connectivity index (χ1) is 6.56. The number of carbonyl (C=O) groups is 1. The molecular formula is C9H14O5. The van der Waals surface area contributed by atoms with E-state index < -0.39 is 30.0 Å². The van der Waals surface area contributed by atoms with E-state index in [9.17, 15) is 9.90 Å². The van der Waals surface area contributed by atoms with E-state index in [1.165, 1.54) is 20.1 Å². The third kappa shape index (κ3) is 2.24. The Morgan fingerprint density at radius 2 is 2.36 bits per heavy atom. The highest BCUT2D eigenvalue weighted by atomic mass is 16.6. The zero-order valence-electron chi connectivity index (χ0n) is 8.14. The van der Waals surface area contributed by atoms with Gasteiger partial charge in [-0.25, -0.2) is 4.79 Å². The van der Waals surface area contributed by atoms with Crippen molar-refractivity contribution in [2.75, 3.05) is 7.11 Å². The number of ether oxygens (including phenoxy) is 2. The Kier molecular flexibility index (Phi) is 3.49. The Labute approximate surface area is 81.9 Å². The van der Waals surface area contributed by atoms with Crippen molar-refractivity contribution in [2.45, 2.75) is 31.7 Å². The average Bonchev–Trinajstić information content (AvgIpc) is 2.28. The predicted molar refractivity (Wildman–Crippen MR) is 47.7 cm³/mol. The molecule has 3 atom stereocenters. The SMILES string of the molecule is COC1CC=C(O)C(=O)OC1C(C)O. The number of methoxy groups -OCH3 is 1. The first-order valence-corrected chi connectivity index (χ1v) is 4.37. The van der Waals surface area contributed by atoms with E-state index in [4.69, 9.17) is 14.6 Å². The Morgan fingerprint density at radius 3 is 2.86 bits per heavy atom. The van der Waals surface area contributed by atoms with Gasteiger partial charge in [0.05, 0.1) is 6.10 Å². The Hall–Kier alpha value is -1.07. The summed E-state index contributed by atoms with van der Waals surface area (Å²) in [7, 11) is 1.46.